The monoisotopic (exact) mass is 307 g/mol. The Kier molecular flexibility index (Phi) is 3.40. The van der Waals surface area contributed by atoms with Crippen LogP contribution in [0.2, 0.25) is 0 Å². The fraction of sp³-hybridized carbons (Fsp3) is 0.667. The number of rotatable bonds is 2. The maximum absolute atomic E-state index is 12.6. The summed E-state index contributed by atoms with van der Waals surface area (Å²) in [6, 6.07) is 6.26. The number of halogens is 2. The number of ether oxygens (including phenoxy) is 1. The third-order valence-corrected chi connectivity index (χ3v) is 6.31. The molecular formula is C18H23F2NO. The van der Waals surface area contributed by atoms with Gasteiger partial charge in [0.05, 0.1) is 0 Å². The number of likely N-dealkylation sites (tertiary alicyclic amines) is 1. The van der Waals surface area contributed by atoms with Gasteiger partial charge in [0.15, 0.2) is 0 Å². The molecule has 0 radical (unpaired) electrons. The summed E-state index contributed by atoms with van der Waals surface area (Å²) in [5, 5.41) is 0. The van der Waals surface area contributed by atoms with E-state index in [1.165, 1.54) is 36.8 Å². The lowest BCUT2D eigenvalue weighted by Crippen LogP contribution is -2.59. The second-order valence-corrected chi connectivity index (χ2v) is 7.21. The van der Waals surface area contributed by atoms with Crippen molar-refractivity contribution in [1.82, 2.24) is 4.90 Å². The zero-order valence-corrected chi connectivity index (χ0v) is 13.0. The first-order valence-corrected chi connectivity index (χ1v) is 8.39. The van der Waals surface area contributed by atoms with Crippen LogP contribution in [0.15, 0.2) is 18.2 Å². The highest BCUT2D eigenvalue weighted by atomic mass is 19.3. The van der Waals surface area contributed by atoms with Gasteiger partial charge in [-0.3, -0.25) is 0 Å². The normalized spacial score (nSPS) is 34.2. The van der Waals surface area contributed by atoms with Crippen molar-refractivity contribution in [3.05, 3.63) is 29.3 Å². The molecule has 0 aromatic heterocycles. The Balaban J connectivity index is 1.80. The number of likely N-dealkylation sites (N-methyl/N-ethyl adjacent to an activating group) is 1. The molecule has 2 nitrogen and oxygen atoms in total. The highest BCUT2D eigenvalue weighted by Crippen LogP contribution is 2.55. The van der Waals surface area contributed by atoms with Crippen molar-refractivity contribution in [2.75, 3.05) is 13.6 Å². The zero-order chi connectivity index (χ0) is 15.3. The molecule has 2 aliphatic carbocycles. The average molecular weight is 307 g/mol. The van der Waals surface area contributed by atoms with Crippen LogP contribution in [0.4, 0.5) is 8.78 Å². The molecule has 1 aliphatic heterocycles. The summed E-state index contributed by atoms with van der Waals surface area (Å²) in [5.41, 5.74) is 2.85. The Morgan fingerprint density at radius 1 is 1.27 bits per heavy atom. The lowest BCUT2D eigenvalue weighted by Gasteiger charge is -2.58. The molecule has 2 fully saturated rings. The molecule has 0 spiro atoms. The van der Waals surface area contributed by atoms with Crippen LogP contribution in [0.25, 0.3) is 0 Å². The Morgan fingerprint density at radius 3 is 2.95 bits per heavy atom. The predicted molar refractivity (Wildman–Crippen MR) is 81.4 cm³/mol. The molecule has 1 aromatic carbocycles. The molecule has 0 amide bonds. The van der Waals surface area contributed by atoms with Crippen LogP contribution in [0.3, 0.4) is 0 Å². The maximum atomic E-state index is 12.6. The molecule has 3 aliphatic rings. The van der Waals surface area contributed by atoms with E-state index in [0.29, 0.717) is 17.7 Å². The predicted octanol–water partition coefficient (Wildman–Crippen LogP) is 3.98. The topological polar surface area (TPSA) is 12.5 Å². The molecule has 22 heavy (non-hydrogen) atoms. The van der Waals surface area contributed by atoms with E-state index in [9.17, 15) is 8.78 Å². The van der Waals surface area contributed by atoms with E-state index in [1.807, 2.05) is 12.1 Å². The number of benzene rings is 1. The van der Waals surface area contributed by atoms with E-state index in [4.69, 9.17) is 0 Å². The Labute approximate surface area is 130 Å². The van der Waals surface area contributed by atoms with Crippen LogP contribution in [0.5, 0.6) is 5.75 Å². The van der Waals surface area contributed by atoms with Gasteiger partial charge in [0, 0.05) is 11.5 Å². The average Bonchev–Trinajstić information content (AvgIpc) is 2.51. The molecule has 4 heteroatoms. The van der Waals surface area contributed by atoms with Gasteiger partial charge in [-0.15, -0.1) is 0 Å². The van der Waals surface area contributed by atoms with E-state index in [1.54, 1.807) is 6.07 Å². The molecule has 1 saturated heterocycles. The third kappa shape index (κ3) is 2.07. The van der Waals surface area contributed by atoms with Gasteiger partial charge in [-0.25, -0.2) is 0 Å². The number of hydrogen-bond donors (Lipinski definition) is 0. The van der Waals surface area contributed by atoms with Crippen LogP contribution < -0.4 is 4.74 Å². The molecule has 0 N–H and O–H groups in total. The molecule has 1 saturated carbocycles. The molecule has 120 valence electrons. The summed E-state index contributed by atoms with van der Waals surface area (Å²) >= 11 is 0. The van der Waals surface area contributed by atoms with Gasteiger partial charge in [0.1, 0.15) is 5.75 Å². The minimum atomic E-state index is -2.74. The summed E-state index contributed by atoms with van der Waals surface area (Å²) in [7, 11) is 2.24. The van der Waals surface area contributed by atoms with Gasteiger partial charge in [-0.1, -0.05) is 18.9 Å². The van der Waals surface area contributed by atoms with Gasteiger partial charge in [0.2, 0.25) is 0 Å². The number of alkyl halides is 2. The minimum absolute atomic E-state index is 0.199. The van der Waals surface area contributed by atoms with Crippen molar-refractivity contribution in [3.8, 4) is 5.75 Å². The Morgan fingerprint density at radius 2 is 2.14 bits per heavy atom. The molecule has 3 atom stereocenters. The molecule has 4 rings (SSSR count). The zero-order valence-electron chi connectivity index (χ0n) is 13.0. The Hall–Kier alpha value is -1.16. The lowest BCUT2D eigenvalue weighted by atomic mass is 9.52. The molecule has 2 bridgehead atoms. The summed E-state index contributed by atoms with van der Waals surface area (Å²) in [4.78, 5) is 2.51. The van der Waals surface area contributed by atoms with Crippen LogP contribution in [-0.2, 0) is 11.8 Å². The quantitative estimate of drug-likeness (QED) is 0.819. The lowest BCUT2D eigenvalue weighted by molar-refractivity contribution is -0.0503. The van der Waals surface area contributed by atoms with Crippen molar-refractivity contribution in [2.45, 2.75) is 56.6 Å². The van der Waals surface area contributed by atoms with Crippen molar-refractivity contribution >= 4 is 0 Å². The van der Waals surface area contributed by atoms with Crippen LogP contribution in [-0.4, -0.2) is 31.1 Å². The van der Waals surface area contributed by atoms with Crippen LogP contribution in [0, 0.1) is 5.92 Å². The second kappa shape index (κ2) is 5.19. The standard InChI is InChI=1S/C18H23F2NO/c1-21-9-8-18-7-3-2-4-14(18)16(21)10-12-5-6-13(11-15(12)18)22-17(19)20/h5-6,11,14,16-17H,2-4,7-10H2,1H3/t14-,16?,18-/m0/s1. The van der Waals surface area contributed by atoms with Crippen LogP contribution >= 0.6 is 0 Å². The summed E-state index contributed by atoms with van der Waals surface area (Å²) < 4.78 is 29.8. The molecule has 1 unspecified atom stereocenters. The van der Waals surface area contributed by atoms with Gasteiger partial charge in [0.25, 0.3) is 0 Å². The second-order valence-electron chi connectivity index (χ2n) is 7.21. The van der Waals surface area contributed by atoms with Gasteiger partial charge in [-0.2, -0.15) is 8.78 Å². The Bertz CT molecular complexity index is 576. The summed E-state index contributed by atoms with van der Waals surface area (Å²) in [6.45, 7) is -1.63. The van der Waals surface area contributed by atoms with Gasteiger partial charge in [-0.05, 0) is 68.5 Å². The number of fused-ring (bicyclic) bond motifs is 1. The highest BCUT2D eigenvalue weighted by Gasteiger charge is 2.53. The van der Waals surface area contributed by atoms with Crippen molar-refractivity contribution in [2.24, 2.45) is 5.92 Å². The van der Waals surface area contributed by atoms with E-state index >= 15 is 0 Å². The van der Waals surface area contributed by atoms with Crippen molar-refractivity contribution in [1.29, 1.82) is 0 Å². The maximum Gasteiger partial charge on any atom is 0.387 e. The first kappa shape index (κ1) is 14.4. The van der Waals surface area contributed by atoms with Gasteiger partial charge >= 0.3 is 6.61 Å². The summed E-state index contributed by atoms with van der Waals surface area (Å²) in [6.07, 6.45) is 7.23. The largest absolute Gasteiger partial charge is 0.435 e. The fourth-order valence-electron chi connectivity index (χ4n) is 5.35. The first-order valence-electron chi connectivity index (χ1n) is 8.39. The van der Waals surface area contributed by atoms with E-state index < -0.39 is 6.61 Å². The minimum Gasteiger partial charge on any atom is -0.435 e. The van der Waals surface area contributed by atoms with Gasteiger partial charge < -0.3 is 9.64 Å². The number of hydrogen-bond acceptors (Lipinski definition) is 2. The SMILES string of the molecule is CN1CC[C@@]23CCCC[C@H]2C1Cc1ccc(OC(F)F)cc13. The van der Waals surface area contributed by atoms with E-state index in [2.05, 4.69) is 16.7 Å². The summed E-state index contributed by atoms with van der Waals surface area (Å²) in [5.74, 6) is 0.999. The first-order chi connectivity index (χ1) is 10.6. The molecular weight excluding hydrogens is 284 g/mol. The fourth-order valence-corrected chi connectivity index (χ4v) is 5.35. The van der Waals surface area contributed by atoms with E-state index in [-0.39, 0.29) is 5.41 Å². The number of piperidine rings is 1. The smallest absolute Gasteiger partial charge is 0.387 e. The number of nitrogens with zero attached hydrogens (tertiary/aromatic N) is 1. The highest BCUT2D eigenvalue weighted by molar-refractivity contribution is 5.45. The van der Waals surface area contributed by atoms with E-state index in [0.717, 1.165) is 19.4 Å². The van der Waals surface area contributed by atoms with Crippen molar-refractivity contribution in [3.63, 3.8) is 0 Å². The molecule has 1 heterocycles. The van der Waals surface area contributed by atoms with Crippen molar-refractivity contribution < 1.29 is 13.5 Å². The van der Waals surface area contributed by atoms with Crippen LogP contribution in [0.1, 0.15) is 43.2 Å². The molecule has 1 aromatic rings. The third-order valence-electron chi connectivity index (χ3n) is 6.31.